The maximum Gasteiger partial charge on any atom is 0.161 e. The second-order valence-corrected chi connectivity index (χ2v) is 5.25. The zero-order chi connectivity index (χ0) is 14.7. The summed E-state index contributed by atoms with van der Waals surface area (Å²) >= 11 is 0. The Hall–Kier alpha value is -2.01. The molecule has 21 heavy (non-hydrogen) atoms. The van der Waals surface area contributed by atoms with Crippen LogP contribution in [0, 0.1) is 6.92 Å². The van der Waals surface area contributed by atoms with Crippen LogP contribution < -0.4 is 9.47 Å². The first kappa shape index (κ1) is 13.9. The molecule has 2 heterocycles. The summed E-state index contributed by atoms with van der Waals surface area (Å²) in [4.78, 5) is 2.28. The van der Waals surface area contributed by atoms with E-state index in [1.54, 1.807) is 0 Å². The minimum Gasteiger partial charge on any atom is -0.486 e. The van der Waals surface area contributed by atoms with Gasteiger partial charge in [0.15, 0.2) is 11.5 Å². The normalized spacial score (nSPS) is 17.2. The fourth-order valence-electron chi connectivity index (χ4n) is 2.47. The van der Waals surface area contributed by atoms with Crippen molar-refractivity contribution in [3.63, 3.8) is 0 Å². The van der Waals surface area contributed by atoms with E-state index in [1.165, 1.54) is 0 Å². The number of benzene rings is 1. The highest BCUT2D eigenvalue weighted by molar-refractivity contribution is 5.40. The number of hydrogen-bond acceptors (Lipinski definition) is 5. The number of fused-ring (bicyclic) bond motifs is 1. The molecule has 5 nitrogen and oxygen atoms in total. The number of likely N-dealkylation sites (N-methyl/N-ethyl adjacent to an activating group) is 1. The van der Waals surface area contributed by atoms with E-state index in [9.17, 15) is 0 Å². The Morgan fingerprint density at radius 3 is 2.81 bits per heavy atom. The molecule has 0 aliphatic carbocycles. The number of nitrogens with zero attached hydrogens (tertiary/aromatic N) is 2. The monoisotopic (exact) mass is 288 g/mol. The van der Waals surface area contributed by atoms with E-state index in [-0.39, 0.29) is 6.10 Å². The maximum atomic E-state index is 6.00. The molecular formula is C16H20N2O3. The van der Waals surface area contributed by atoms with Crippen molar-refractivity contribution in [3.05, 3.63) is 41.8 Å². The molecule has 1 aromatic carbocycles. The Bertz CT molecular complexity index is 597. The summed E-state index contributed by atoms with van der Waals surface area (Å²) < 4.78 is 16.9. The van der Waals surface area contributed by atoms with Crippen molar-refractivity contribution in [2.45, 2.75) is 26.5 Å². The van der Waals surface area contributed by atoms with Gasteiger partial charge in [-0.2, -0.15) is 0 Å². The highest BCUT2D eigenvalue weighted by Gasteiger charge is 2.23. The molecule has 1 atom stereocenters. The number of rotatable bonds is 5. The van der Waals surface area contributed by atoms with Gasteiger partial charge in [0.2, 0.25) is 0 Å². The maximum absolute atomic E-state index is 6.00. The Kier molecular flexibility index (Phi) is 4.10. The number of hydrogen-bond donors (Lipinski definition) is 0. The number of aromatic nitrogens is 1. The lowest BCUT2D eigenvalue weighted by Crippen LogP contribution is -2.40. The van der Waals surface area contributed by atoms with Gasteiger partial charge in [-0.15, -0.1) is 0 Å². The van der Waals surface area contributed by atoms with Crippen molar-refractivity contribution in [1.29, 1.82) is 0 Å². The summed E-state index contributed by atoms with van der Waals surface area (Å²) in [5.41, 5.74) is 0.950. The molecule has 1 aliphatic rings. The van der Waals surface area contributed by atoms with Gasteiger partial charge >= 0.3 is 0 Å². The molecule has 2 aromatic rings. The second kappa shape index (κ2) is 6.18. The lowest BCUT2D eigenvalue weighted by atomic mass is 10.2. The highest BCUT2D eigenvalue weighted by Crippen LogP contribution is 2.31. The predicted octanol–water partition coefficient (Wildman–Crippen LogP) is 2.64. The van der Waals surface area contributed by atoms with Gasteiger partial charge in [0.1, 0.15) is 18.5 Å². The molecule has 5 heteroatoms. The van der Waals surface area contributed by atoms with Crippen molar-refractivity contribution in [3.8, 4) is 11.5 Å². The van der Waals surface area contributed by atoms with E-state index in [0.717, 1.165) is 42.6 Å². The molecule has 0 amide bonds. The van der Waals surface area contributed by atoms with Crippen molar-refractivity contribution >= 4 is 0 Å². The van der Waals surface area contributed by atoms with Gasteiger partial charge in [-0.1, -0.05) is 24.2 Å². The molecule has 0 fully saturated rings. The topological polar surface area (TPSA) is 47.7 Å². The Morgan fingerprint density at radius 2 is 2.10 bits per heavy atom. The zero-order valence-electron chi connectivity index (χ0n) is 12.4. The lowest BCUT2D eigenvalue weighted by Gasteiger charge is -2.30. The van der Waals surface area contributed by atoms with Crippen LogP contribution in [-0.2, 0) is 6.54 Å². The third-order valence-corrected chi connectivity index (χ3v) is 3.54. The molecule has 0 saturated carbocycles. The fraction of sp³-hybridized carbons (Fsp3) is 0.438. The first-order valence-electron chi connectivity index (χ1n) is 7.27. The van der Waals surface area contributed by atoms with Crippen LogP contribution in [-0.4, -0.2) is 35.9 Å². The first-order valence-corrected chi connectivity index (χ1v) is 7.27. The van der Waals surface area contributed by atoms with E-state index in [1.807, 2.05) is 37.3 Å². The minimum absolute atomic E-state index is 0.0350. The summed E-state index contributed by atoms with van der Waals surface area (Å²) in [6.07, 6.45) is 0.0350. The Morgan fingerprint density at radius 1 is 1.29 bits per heavy atom. The first-order chi connectivity index (χ1) is 10.2. The molecule has 1 aromatic heterocycles. The van der Waals surface area contributed by atoms with Crippen LogP contribution in [0.5, 0.6) is 11.5 Å². The van der Waals surface area contributed by atoms with Crippen LogP contribution in [0.15, 0.2) is 34.9 Å². The van der Waals surface area contributed by atoms with Crippen LogP contribution in [0.1, 0.15) is 18.4 Å². The highest BCUT2D eigenvalue weighted by atomic mass is 16.6. The zero-order valence-corrected chi connectivity index (χ0v) is 12.4. The van der Waals surface area contributed by atoms with Gasteiger partial charge in [-0.25, -0.2) is 0 Å². The van der Waals surface area contributed by atoms with Gasteiger partial charge in [0.25, 0.3) is 0 Å². The fourth-order valence-corrected chi connectivity index (χ4v) is 2.47. The Balaban J connectivity index is 1.60. The van der Waals surface area contributed by atoms with E-state index in [4.69, 9.17) is 14.0 Å². The molecule has 3 rings (SSSR count). The van der Waals surface area contributed by atoms with Crippen LogP contribution >= 0.6 is 0 Å². The SMILES string of the molecule is CCN(Cc1cc(C)on1)CC1COc2ccccc2O1. The smallest absolute Gasteiger partial charge is 0.161 e. The third-order valence-electron chi connectivity index (χ3n) is 3.54. The molecule has 0 bridgehead atoms. The second-order valence-electron chi connectivity index (χ2n) is 5.25. The predicted molar refractivity (Wildman–Crippen MR) is 78.5 cm³/mol. The molecule has 1 aliphatic heterocycles. The quantitative estimate of drug-likeness (QED) is 0.846. The van der Waals surface area contributed by atoms with E-state index >= 15 is 0 Å². The number of ether oxygens (including phenoxy) is 2. The summed E-state index contributed by atoms with van der Waals surface area (Å²) in [5.74, 6) is 2.48. The third kappa shape index (κ3) is 3.36. The molecule has 0 saturated heterocycles. The van der Waals surface area contributed by atoms with Crippen molar-refractivity contribution in [2.75, 3.05) is 19.7 Å². The van der Waals surface area contributed by atoms with Crippen LogP contribution in [0.25, 0.3) is 0 Å². The molecule has 1 unspecified atom stereocenters. The van der Waals surface area contributed by atoms with Gasteiger partial charge in [0.05, 0.1) is 5.69 Å². The molecule has 0 radical (unpaired) electrons. The van der Waals surface area contributed by atoms with Gasteiger partial charge in [0, 0.05) is 19.2 Å². The lowest BCUT2D eigenvalue weighted by molar-refractivity contribution is 0.0574. The van der Waals surface area contributed by atoms with E-state index < -0.39 is 0 Å². The van der Waals surface area contributed by atoms with Gasteiger partial charge in [-0.3, -0.25) is 4.90 Å². The number of para-hydroxylation sites is 2. The van der Waals surface area contributed by atoms with Gasteiger partial charge in [-0.05, 0) is 25.6 Å². The minimum atomic E-state index is 0.0350. The van der Waals surface area contributed by atoms with E-state index in [2.05, 4.69) is 17.0 Å². The summed E-state index contributed by atoms with van der Waals surface area (Å²) in [6, 6.07) is 9.75. The van der Waals surface area contributed by atoms with Crippen LogP contribution in [0.4, 0.5) is 0 Å². The standard InChI is InChI=1S/C16H20N2O3/c1-3-18(9-13-8-12(2)21-17-13)10-14-11-19-15-6-4-5-7-16(15)20-14/h4-8,14H,3,9-11H2,1-2H3. The molecular weight excluding hydrogens is 268 g/mol. The average molecular weight is 288 g/mol. The summed E-state index contributed by atoms with van der Waals surface area (Å²) in [6.45, 7) is 7.09. The van der Waals surface area contributed by atoms with Gasteiger partial charge < -0.3 is 14.0 Å². The summed E-state index contributed by atoms with van der Waals surface area (Å²) in [7, 11) is 0. The van der Waals surface area contributed by atoms with Crippen molar-refractivity contribution < 1.29 is 14.0 Å². The molecule has 112 valence electrons. The number of aryl methyl sites for hydroxylation is 1. The molecule has 0 spiro atoms. The summed E-state index contributed by atoms with van der Waals surface area (Å²) in [5, 5.41) is 4.04. The van der Waals surface area contributed by atoms with E-state index in [0.29, 0.717) is 6.61 Å². The average Bonchev–Trinajstić information content (AvgIpc) is 2.91. The van der Waals surface area contributed by atoms with Crippen LogP contribution in [0.3, 0.4) is 0 Å². The molecule has 0 N–H and O–H groups in total. The van der Waals surface area contributed by atoms with Crippen molar-refractivity contribution in [2.24, 2.45) is 0 Å². The van der Waals surface area contributed by atoms with Crippen LogP contribution in [0.2, 0.25) is 0 Å². The largest absolute Gasteiger partial charge is 0.486 e. The Labute approximate surface area is 124 Å². The van der Waals surface area contributed by atoms with Crippen molar-refractivity contribution in [1.82, 2.24) is 10.1 Å².